The van der Waals surface area contributed by atoms with Gasteiger partial charge in [-0.05, 0) is 43.0 Å². The summed E-state index contributed by atoms with van der Waals surface area (Å²) in [5.41, 5.74) is 4.14. The van der Waals surface area contributed by atoms with E-state index in [1.165, 1.54) is 29.7 Å². The number of hydrogen-bond donors (Lipinski definition) is 3. The number of anilines is 1. The zero-order chi connectivity index (χ0) is 11.2. The van der Waals surface area contributed by atoms with Crippen molar-refractivity contribution in [1.29, 1.82) is 0 Å². The lowest BCUT2D eigenvalue weighted by Gasteiger charge is -2.18. The molecule has 0 bridgehead atoms. The molecule has 88 valence electrons. The third-order valence-corrected chi connectivity index (χ3v) is 2.99. The highest BCUT2D eigenvalue weighted by Gasteiger charge is 2.08. The summed E-state index contributed by atoms with van der Waals surface area (Å²) in [4.78, 5) is 0. The number of nitrogens with one attached hydrogen (secondary N) is 2. The zero-order valence-electron chi connectivity index (χ0n) is 9.63. The Hall–Kier alpha value is -1.06. The standard InChI is InChI=1S/C13H20N2O/c16-9-8-14-7-5-11-3-4-13-12(10-11)2-1-6-15-13/h3-4,10,14-16H,1-2,5-9H2. The molecule has 0 aliphatic carbocycles. The predicted octanol–water partition coefficient (Wildman–Crippen LogP) is 1.17. The van der Waals surface area contributed by atoms with E-state index in [4.69, 9.17) is 5.11 Å². The van der Waals surface area contributed by atoms with Crippen LogP contribution in [0.1, 0.15) is 17.5 Å². The Morgan fingerprint density at radius 2 is 2.25 bits per heavy atom. The van der Waals surface area contributed by atoms with Crippen LogP contribution in [0.25, 0.3) is 0 Å². The van der Waals surface area contributed by atoms with Gasteiger partial charge < -0.3 is 15.7 Å². The van der Waals surface area contributed by atoms with E-state index in [1.807, 2.05) is 0 Å². The molecular formula is C13H20N2O. The maximum atomic E-state index is 8.65. The highest BCUT2D eigenvalue weighted by molar-refractivity contribution is 5.54. The average molecular weight is 220 g/mol. The number of rotatable bonds is 5. The van der Waals surface area contributed by atoms with Gasteiger partial charge in [-0.1, -0.05) is 12.1 Å². The van der Waals surface area contributed by atoms with E-state index < -0.39 is 0 Å². The van der Waals surface area contributed by atoms with Crippen LogP contribution in [0.4, 0.5) is 5.69 Å². The van der Waals surface area contributed by atoms with Gasteiger partial charge in [0.15, 0.2) is 0 Å². The maximum Gasteiger partial charge on any atom is 0.0555 e. The smallest absolute Gasteiger partial charge is 0.0555 e. The Kier molecular flexibility index (Phi) is 4.19. The molecule has 0 unspecified atom stereocenters. The lowest BCUT2D eigenvalue weighted by Crippen LogP contribution is -2.21. The van der Waals surface area contributed by atoms with E-state index in [-0.39, 0.29) is 6.61 Å². The van der Waals surface area contributed by atoms with E-state index in [9.17, 15) is 0 Å². The van der Waals surface area contributed by atoms with Crippen molar-refractivity contribution >= 4 is 5.69 Å². The molecule has 0 fully saturated rings. The fraction of sp³-hybridized carbons (Fsp3) is 0.538. The van der Waals surface area contributed by atoms with Gasteiger partial charge >= 0.3 is 0 Å². The molecule has 1 heterocycles. The van der Waals surface area contributed by atoms with E-state index in [0.29, 0.717) is 6.54 Å². The molecule has 0 amide bonds. The topological polar surface area (TPSA) is 44.3 Å². The Bertz CT molecular complexity index is 339. The SMILES string of the molecule is OCCNCCc1ccc2c(c1)CCCN2. The van der Waals surface area contributed by atoms with Crippen molar-refractivity contribution in [2.45, 2.75) is 19.3 Å². The number of aliphatic hydroxyl groups excluding tert-OH is 1. The first-order valence-electron chi connectivity index (χ1n) is 6.07. The van der Waals surface area contributed by atoms with Crippen LogP contribution in [0.3, 0.4) is 0 Å². The van der Waals surface area contributed by atoms with Crippen LogP contribution >= 0.6 is 0 Å². The number of aryl methyl sites for hydroxylation is 1. The highest BCUT2D eigenvalue weighted by atomic mass is 16.3. The molecule has 1 aliphatic heterocycles. The normalized spacial score (nSPS) is 14.3. The van der Waals surface area contributed by atoms with Crippen molar-refractivity contribution in [2.75, 3.05) is 31.6 Å². The van der Waals surface area contributed by atoms with Crippen LogP contribution in [0.15, 0.2) is 18.2 Å². The molecule has 1 aliphatic rings. The molecule has 3 heteroatoms. The summed E-state index contributed by atoms with van der Waals surface area (Å²) in [7, 11) is 0. The van der Waals surface area contributed by atoms with Crippen LogP contribution in [0.2, 0.25) is 0 Å². The van der Waals surface area contributed by atoms with Crippen LogP contribution in [-0.2, 0) is 12.8 Å². The summed E-state index contributed by atoms with van der Waals surface area (Å²) in [6.07, 6.45) is 3.47. The Morgan fingerprint density at radius 3 is 3.12 bits per heavy atom. The molecule has 3 nitrogen and oxygen atoms in total. The molecule has 0 spiro atoms. The summed E-state index contributed by atoms with van der Waals surface area (Å²) in [6, 6.07) is 6.69. The Balaban J connectivity index is 1.90. The van der Waals surface area contributed by atoms with Gasteiger partial charge in [0.1, 0.15) is 0 Å². The summed E-state index contributed by atoms with van der Waals surface area (Å²) >= 11 is 0. The minimum Gasteiger partial charge on any atom is -0.395 e. The van der Waals surface area contributed by atoms with Gasteiger partial charge in [0, 0.05) is 18.8 Å². The van der Waals surface area contributed by atoms with E-state index in [1.54, 1.807) is 0 Å². The number of aliphatic hydroxyl groups is 1. The van der Waals surface area contributed by atoms with E-state index >= 15 is 0 Å². The van der Waals surface area contributed by atoms with Gasteiger partial charge in [0.2, 0.25) is 0 Å². The van der Waals surface area contributed by atoms with Crippen molar-refractivity contribution in [2.24, 2.45) is 0 Å². The molecule has 0 saturated heterocycles. The lowest BCUT2D eigenvalue weighted by atomic mass is 9.99. The first-order chi connectivity index (χ1) is 7.90. The minimum absolute atomic E-state index is 0.216. The summed E-state index contributed by atoms with van der Waals surface area (Å²) in [5, 5.41) is 15.3. The summed E-state index contributed by atoms with van der Waals surface area (Å²) < 4.78 is 0. The molecule has 1 aromatic carbocycles. The van der Waals surface area contributed by atoms with Crippen LogP contribution in [0, 0.1) is 0 Å². The van der Waals surface area contributed by atoms with Gasteiger partial charge in [0.25, 0.3) is 0 Å². The third kappa shape index (κ3) is 2.97. The fourth-order valence-electron chi connectivity index (χ4n) is 2.12. The minimum atomic E-state index is 0.216. The van der Waals surface area contributed by atoms with Gasteiger partial charge in [-0.2, -0.15) is 0 Å². The van der Waals surface area contributed by atoms with Crippen molar-refractivity contribution in [3.63, 3.8) is 0 Å². The fourth-order valence-corrected chi connectivity index (χ4v) is 2.12. The van der Waals surface area contributed by atoms with Crippen LogP contribution in [0.5, 0.6) is 0 Å². The molecule has 0 aromatic heterocycles. The van der Waals surface area contributed by atoms with E-state index in [0.717, 1.165) is 19.5 Å². The number of hydrogen-bond acceptors (Lipinski definition) is 3. The first kappa shape index (κ1) is 11.4. The summed E-state index contributed by atoms with van der Waals surface area (Å²) in [6.45, 7) is 2.94. The zero-order valence-corrected chi connectivity index (χ0v) is 9.63. The number of fused-ring (bicyclic) bond motifs is 1. The maximum absolute atomic E-state index is 8.65. The van der Waals surface area contributed by atoms with E-state index in [2.05, 4.69) is 28.8 Å². The second-order valence-corrected chi connectivity index (χ2v) is 4.25. The Labute approximate surface area is 96.9 Å². The Morgan fingerprint density at radius 1 is 1.31 bits per heavy atom. The van der Waals surface area contributed by atoms with Gasteiger partial charge in [-0.3, -0.25) is 0 Å². The number of benzene rings is 1. The average Bonchev–Trinajstić information content (AvgIpc) is 2.34. The first-order valence-corrected chi connectivity index (χ1v) is 6.07. The van der Waals surface area contributed by atoms with Crippen molar-refractivity contribution in [3.8, 4) is 0 Å². The van der Waals surface area contributed by atoms with Crippen molar-refractivity contribution < 1.29 is 5.11 Å². The second-order valence-electron chi connectivity index (χ2n) is 4.25. The second kappa shape index (κ2) is 5.87. The lowest BCUT2D eigenvalue weighted by molar-refractivity contribution is 0.293. The van der Waals surface area contributed by atoms with Gasteiger partial charge in [0.05, 0.1) is 6.61 Å². The van der Waals surface area contributed by atoms with Crippen LogP contribution in [-0.4, -0.2) is 31.3 Å². The van der Waals surface area contributed by atoms with Gasteiger partial charge in [-0.15, -0.1) is 0 Å². The van der Waals surface area contributed by atoms with Crippen LogP contribution < -0.4 is 10.6 Å². The molecule has 0 radical (unpaired) electrons. The molecule has 2 rings (SSSR count). The molecule has 1 aromatic rings. The summed E-state index contributed by atoms with van der Waals surface area (Å²) in [5.74, 6) is 0. The predicted molar refractivity (Wildman–Crippen MR) is 66.9 cm³/mol. The molecule has 3 N–H and O–H groups in total. The van der Waals surface area contributed by atoms with Crippen molar-refractivity contribution in [3.05, 3.63) is 29.3 Å². The van der Waals surface area contributed by atoms with Crippen molar-refractivity contribution in [1.82, 2.24) is 5.32 Å². The molecule has 16 heavy (non-hydrogen) atoms. The van der Waals surface area contributed by atoms with Gasteiger partial charge in [-0.25, -0.2) is 0 Å². The monoisotopic (exact) mass is 220 g/mol. The quantitative estimate of drug-likeness (QED) is 0.653. The third-order valence-electron chi connectivity index (χ3n) is 2.99. The highest BCUT2D eigenvalue weighted by Crippen LogP contribution is 2.22. The molecule has 0 atom stereocenters. The molecular weight excluding hydrogens is 200 g/mol. The largest absolute Gasteiger partial charge is 0.395 e. The molecule has 0 saturated carbocycles.